The highest BCUT2D eigenvalue weighted by atomic mass is 35.5. The number of amides is 1. The lowest BCUT2D eigenvalue weighted by Gasteiger charge is -2.25. The van der Waals surface area contributed by atoms with Crippen molar-refractivity contribution >= 4 is 44.8 Å². The van der Waals surface area contributed by atoms with E-state index in [4.69, 9.17) is 27.9 Å². The zero-order valence-corrected chi connectivity index (χ0v) is 19.0. The molecule has 0 saturated heterocycles. The first-order chi connectivity index (χ1) is 13.6. The lowest BCUT2D eigenvalue weighted by atomic mass is 10.0. The van der Waals surface area contributed by atoms with Gasteiger partial charge in [0.2, 0.25) is 15.9 Å². The van der Waals surface area contributed by atoms with Gasteiger partial charge >= 0.3 is 0 Å². The maximum Gasteiger partial charge on any atom is 0.241 e. The van der Waals surface area contributed by atoms with Gasteiger partial charge in [-0.15, -0.1) is 0 Å². The van der Waals surface area contributed by atoms with Gasteiger partial charge in [0.25, 0.3) is 0 Å². The van der Waals surface area contributed by atoms with Crippen molar-refractivity contribution < 1.29 is 17.9 Å². The van der Waals surface area contributed by atoms with Crippen molar-refractivity contribution in [3.63, 3.8) is 0 Å². The minimum absolute atomic E-state index is 0.147. The average molecular weight is 459 g/mol. The van der Waals surface area contributed by atoms with Crippen LogP contribution in [0.5, 0.6) is 5.75 Å². The average Bonchev–Trinajstić information content (AvgIpc) is 2.64. The molecular formula is C20H24Cl2N2O4S. The van der Waals surface area contributed by atoms with E-state index in [-0.39, 0.29) is 16.8 Å². The van der Waals surface area contributed by atoms with Crippen LogP contribution in [0.1, 0.15) is 30.5 Å². The van der Waals surface area contributed by atoms with Crippen LogP contribution < -0.4 is 14.4 Å². The summed E-state index contributed by atoms with van der Waals surface area (Å²) in [6, 6.07) is 9.83. The van der Waals surface area contributed by atoms with E-state index >= 15 is 0 Å². The molecule has 0 saturated carbocycles. The summed E-state index contributed by atoms with van der Waals surface area (Å²) in [7, 11) is -2.14. The van der Waals surface area contributed by atoms with Crippen LogP contribution in [0.4, 0.5) is 5.69 Å². The first-order valence-electron chi connectivity index (χ1n) is 8.93. The van der Waals surface area contributed by atoms with Crippen LogP contribution in [0.3, 0.4) is 0 Å². The molecule has 0 spiro atoms. The molecule has 0 aromatic heterocycles. The number of methoxy groups -OCH3 is 1. The molecule has 0 fully saturated rings. The Balaban J connectivity index is 2.24. The van der Waals surface area contributed by atoms with Gasteiger partial charge in [-0.1, -0.05) is 42.3 Å². The summed E-state index contributed by atoms with van der Waals surface area (Å²) in [5, 5.41) is 3.42. The number of sulfonamides is 1. The molecule has 1 amide bonds. The molecule has 29 heavy (non-hydrogen) atoms. The second-order valence-electron chi connectivity index (χ2n) is 6.62. The minimum atomic E-state index is -3.74. The summed E-state index contributed by atoms with van der Waals surface area (Å²) in [6.45, 7) is 3.46. The van der Waals surface area contributed by atoms with Crippen molar-refractivity contribution in [1.29, 1.82) is 0 Å². The number of anilines is 1. The van der Waals surface area contributed by atoms with Gasteiger partial charge in [-0.3, -0.25) is 9.10 Å². The van der Waals surface area contributed by atoms with E-state index in [0.717, 1.165) is 27.4 Å². The summed E-state index contributed by atoms with van der Waals surface area (Å²) in [4.78, 5) is 12.7. The number of nitrogens with zero attached hydrogens (tertiary/aromatic N) is 1. The normalized spacial score (nSPS) is 12.3. The van der Waals surface area contributed by atoms with Gasteiger partial charge in [0, 0.05) is 5.02 Å². The Labute approximate surface area is 181 Å². The predicted molar refractivity (Wildman–Crippen MR) is 118 cm³/mol. The molecule has 2 rings (SSSR count). The molecular weight excluding hydrogens is 435 g/mol. The number of benzene rings is 2. The van der Waals surface area contributed by atoms with Gasteiger partial charge in [-0.25, -0.2) is 8.42 Å². The quantitative estimate of drug-likeness (QED) is 0.637. The molecule has 2 aromatic rings. The molecule has 0 radical (unpaired) electrons. The highest BCUT2D eigenvalue weighted by Crippen LogP contribution is 2.30. The van der Waals surface area contributed by atoms with Crippen LogP contribution in [-0.4, -0.2) is 34.2 Å². The van der Waals surface area contributed by atoms with E-state index in [0.29, 0.717) is 11.4 Å². The second kappa shape index (κ2) is 9.69. The maximum absolute atomic E-state index is 12.7. The van der Waals surface area contributed by atoms with Gasteiger partial charge in [-0.05, 0) is 48.7 Å². The maximum atomic E-state index is 12.7. The third-order valence-electron chi connectivity index (χ3n) is 4.43. The highest BCUT2D eigenvalue weighted by Gasteiger charge is 2.24. The number of carbonyl (C=O) groups excluding carboxylic acids is 1. The topological polar surface area (TPSA) is 75.7 Å². The molecule has 9 heteroatoms. The molecule has 0 aliphatic rings. The van der Waals surface area contributed by atoms with Crippen LogP contribution in [-0.2, 0) is 14.8 Å². The van der Waals surface area contributed by atoms with E-state index in [1.54, 1.807) is 7.11 Å². The molecule has 0 aliphatic carbocycles. The van der Waals surface area contributed by atoms with E-state index in [9.17, 15) is 13.2 Å². The second-order valence-corrected chi connectivity index (χ2v) is 9.37. The van der Waals surface area contributed by atoms with E-state index < -0.39 is 22.5 Å². The molecule has 1 atom stereocenters. The van der Waals surface area contributed by atoms with Crippen LogP contribution in [0.25, 0.3) is 0 Å². The Morgan fingerprint density at radius 3 is 2.41 bits per heavy atom. The summed E-state index contributed by atoms with van der Waals surface area (Å²) in [5.41, 5.74) is 2.06. The van der Waals surface area contributed by atoms with Crippen molar-refractivity contribution in [3.8, 4) is 5.75 Å². The van der Waals surface area contributed by atoms with Crippen LogP contribution >= 0.6 is 23.2 Å². The molecule has 0 aliphatic heterocycles. The monoisotopic (exact) mass is 458 g/mol. The van der Waals surface area contributed by atoms with Gasteiger partial charge in [0.1, 0.15) is 12.3 Å². The lowest BCUT2D eigenvalue weighted by molar-refractivity contribution is -0.120. The summed E-state index contributed by atoms with van der Waals surface area (Å²) in [6.07, 6.45) is 1.66. The third kappa shape index (κ3) is 6.01. The third-order valence-corrected chi connectivity index (χ3v) is 6.09. The Bertz CT molecular complexity index is 996. The summed E-state index contributed by atoms with van der Waals surface area (Å²) < 4.78 is 30.8. The van der Waals surface area contributed by atoms with Crippen molar-refractivity contribution in [2.45, 2.75) is 26.3 Å². The smallest absolute Gasteiger partial charge is 0.241 e. The van der Waals surface area contributed by atoms with Crippen molar-refractivity contribution in [3.05, 3.63) is 57.6 Å². The SMILES string of the molecule is CC[C@@H](NC(=O)CN(c1ccc(Cl)cc1Cl)S(C)(=O)=O)c1ccc(OC)c(C)c1. The number of rotatable bonds is 8. The highest BCUT2D eigenvalue weighted by molar-refractivity contribution is 7.92. The van der Waals surface area contributed by atoms with Crippen LogP contribution in [0.15, 0.2) is 36.4 Å². The zero-order valence-electron chi connectivity index (χ0n) is 16.7. The number of carbonyl (C=O) groups is 1. The Hall–Kier alpha value is -1.96. The van der Waals surface area contributed by atoms with Crippen LogP contribution in [0.2, 0.25) is 10.0 Å². The molecule has 0 bridgehead atoms. The van der Waals surface area contributed by atoms with Gasteiger partial charge in [0.05, 0.1) is 30.1 Å². The van der Waals surface area contributed by atoms with Gasteiger partial charge < -0.3 is 10.1 Å². The van der Waals surface area contributed by atoms with Crippen molar-refractivity contribution in [1.82, 2.24) is 5.32 Å². The van der Waals surface area contributed by atoms with E-state index in [1.165, 1.54) is 18.2 Å². The summed E-state index contributed by atoms with van der Waals surface area (Å²) >= 11 is 12.0. The fraction of sp³-hybridized carbons (Fsp3) is 0.350. The molecule has 1 N–H and O–H groups in total. The van der Waals surface area contributed by atoms with E-state index in [1.807, 2.05) is 32.0 Å². The van der Waals surface area contributed by atoms with Crippen molar-refractivity contribution in [2.75, 3.05) is 24.2 Å². The number of halogens is 2. The van der Waals surface area contributed by atoms with Crippen molar-refractivity contribution in [2.24, 2.45) is 0 Å². The molecule has 0 unspecified atom stereocenters. The van der Waals surface area contributed by atoms with Gasteiger partial charge in [-0.2, -0.15) is 0 Å². The Kier molecular flexibility index (Phi) is 7.80. The molecule has 0 heterocycles. The fourth-order valence-corrected chi connectivity index (χ4v) is 4.40. The van der Waals surface area contributed by atoms with E-state index in [2.05, 4.69) is 5.32 Å². The minimum Gasteiger partial charge on any atom is -0.496 e. The number of ether oxygens (including phenoxy) is 1. The zero-order chi connectivity index (χ0) is 21.8. The summed E-state index contributed by atoms with van der Waals surface area (Å²) in [5.74, 6) is 0.317. The lowest BCUT2D eigenvalue weighted by Crippen LogP contribution is -2.41. The molecule has 2 aromatic carbocycles. The molecule has 158 valence electrons. The standard InChI is InChI=1S/C20H24Cl2N2O4S/c1-5-17(14-6-9-19(28-3)13(2)10-14)23-20(25)12-24(29(4,26)27)18-8-7-15(21)11-16(18)22/h6-11,17H,5,12H2,1-4H3,(H,23,25)/t17-/m1/s1. The van der Waals surface area contributed by atoms with Crippen LogP contribution in [0, 0.1) is 6.92 Å². The van der Waals surface area contributed by atoms with Gasteiger partial charge in [0.15, 0.2) is 0 Å². The fourth-order valence-electron chi connectivity index (χ4n) is 2.97. The Morgan fingerprint density at radius 2 is 1.90 bits per heavy atom. The number of hydrogen-bond donors (Lipinski definition) is 1. The Morgan fingerprint density at radius 1 is 1.21 bits per heavy atom. The largest absolute Gasteiger partial charge is 0.496 e. The number of hydrogen-bond acceptors (Lipinski definition) is 4. The number of aryl methyl sites for hydroxylation is 1. The first kappa shape index (κ1) is 23.3. The first-order valence-corrected chi connectivity index (χ1v) is 11.5. The molecule has 6 nitrogen and oxygen atoms in total. The number of nitrogens with one attached hydrogen (secondary N) is 1. The predicted octanol–water partition coefficient (Wildman–Crippen LogP) is 4.34.